The second-order valence-electron chi connectivity index (χ2n) is 4.72. The molecule has 0 radical (unpaired) electrons. The van der Waals surface area contributed by atoms with E-state index in [0.29, 0.717) is 0 Å². The van der Waals surface area contributed by atoms with Crippen molar-refractivity contribution in [1.29, 1.82) is 0 Å². The summed E-state index contributed by atoms with van der Waals surface area (Å²) in [6.45, 7) is 7.96. The summed E-state index contributed by atoms with van der Waals surface area (Å²) >= 11 is 0. The molecule has 0 aliphatic carbocycles. The summed E-state index contributed by atoms with van der Waals surface area (Å²) in [5, 5.41) is 0. The van der Waals surface area contributed by atoms with Gasteiger partial charge in [-0.1, -0.05) is 38.8 Å². The molecule has 1 rings (SSSR count). The number of hydrogen-bond acceptors (Lipinski definition) is 2. The second-order valence-corrected chi connectivity index (χ2v) is 4.72. The highest BCUT2D eigenvalue weighted by Crippen LogP contribution is 2.10. The lowest BCUT2D eigenvalue weighted by atomic mass is 10.1. The Balaban J connectivity index is 2.44. The summed E-state index contributed by atoms with van der Waals surface area (Å²) in [7, 11) is 0. The molecule has 1 aromatic rings. The Morgan fingerprint density at radius 1 is 0.941 bits per heavy atom. The number of hydrogen-bond donors (Lipinski definition) is 1. The fourth-order valence-electron chi connectivity index (χ4n) is 2.05. The van der Waals surface area contributed by atoms with Gasteiger partial charge in [0.15, 0.2) is 0 Å². The van der Waals surface area contributed by atoms with Crippen LogP contribution in [0.5, 0.6) is 0 Å². The van der Waals surface area contributed by atoms with Crippen molar-refractivity contribution in [1.82, 2.24) is 4.90 Å². The molecule has 0 spiro atoms. The average Bonchev–Trinajstić information content (AvgIpc) is 2.32. The molecule has 0 fully saturated rings. The molecule has 0 saturated heterocycles. The first-order valence-corrected chi connectivity index (χ1v) is 6.83. The lowest BCUT2D eigenvalue weighted by Gasteiger charge is -2.21. The number of rotatable bonds is 8. The van der Waals surface area contributed by atoms with E-state index in [4.69, 9.17) is 5.73 Å². The third-order valence-corrected chi connectivity index (χ3v) is 3.00. The summed E-state index contributed by atoms with van der Waals surface area (Å²) in [5.74, 6) is 0. The maximum Gasteiger partial charge on any atom is 0.0314 e. The molecule has 2 nitrogen and oxygen atoms in total. The number of nitrogens with two attached hydrogens (primary N) is 1. The van der Waals surface area contributed by atoms with E-state index in [2.05, 4.69) is 30.9 Å². The van der Waals surface area contributed by atoms with E-state index in [1.54, 1.807) is 0 Å². The lowest BCUT2D eigenvalue weighted by Crippen LogP contribution is -2.25. The fourth-order valence-corrected chi connectivity index (χ4v) is 2.05. The Morgan fingerprint density at radius 2 is 1.65 bits per heavy atom. The van der Waals surface area contributed by atoms with Crippen molar-refractivity contribution in [2.24, 2.45) is 0 Å². The third kappa shape index (κ3) is 5.73. The smallest absolute Gasteiger partial charge is 0.0314 e. The molecule has 2 N–H and O–H groups in total. The first kappa shape index (κ1) is 14.0. The first-order valence-electron chi connectivity index (χ1n) is 6.83. The van der Waals surface area contributed by atoms with E-state index in [1.165, 1.54) is 44.3 Å². The molecule has 0 saturated carbocycles. The van der Waals surface area contributed by atoms with Crippen molar-refractivity contribution >= 4 is 5.69 Å². The van der Waals surface area contributed by atoms with Crippen molar-refractivity contribution in [3.8, 4) is 0 Å². The maximum absolute atomic E-state index is 5.70. The Morgan fingerprint density at radius 3 is 2.24 bits per heavy atom. The molecule has 0 aliphatic rings. The minimum Gasteiger partial charge on any atom is -0.399 e. The molecule has 0 bridgehead atoms. The maximum atomic E-state index is 5.70. The summed E-state index contributed by atoms with van der Waals surface area (Å²) in [5.41, 5.74) is 7.91. The van der Waals surface area contributed by atoms with E-state index in [1.807, 2.05) is 12.1 Å². The van der Waals surface area contributed by atoms with Gasteiger partial charge in [0.05, 0.1) is 0 Å². The van der Waals surface area contributed by atoms with Crippen molar-refractivity contribution in [2.45, 2.75) is 46.1 Å². The highest BCUT2D eigenvalue weighted by atomic mass is 15.1. The van der Waals surface area contributed by atoms with E-state index in [9.17, 15) is 0 Å². The van der Waals surface area contributed by atoms with Crippen LogP contribution >= 0.6 is 0 Å². The van der Waals surface area contributed by atoms with Crippen LogP contribution in [0.2, 0.25) is 0 Å². The van der Waals surface area contributed by atoms with E-state index >= 15 is 0 Å². The minimum atomic E-state index is 0.849. The van der Waals surface area contributed by atoms with Crippen LogP contribution in [0.15, 0.2) is 24.3 Å². The van der Waals surface area contributed by atoms with Crippen LogP contribution in [0.4, 0.5) is 5.69 Å². The first-order chi connectivity index (χ1) is 8.26. The van der Waals surface area contributed by atoms with Gasteiger partial charge in [-0.05, 0) is 43.6 Å². The van der Waals surface area contributed by atoms with Crippen LogP contribution < -0.4 is 5.73 Å². The zero-order valence-electron chi connectivity index (χ0n) is 11.3. The zero-order valence-corrected chi connectivity index (χ0v) is 11.3. The largest absolute Gasteiger partial charge is 0.399 e. The molecule has 0 aliphatic heterocycles. The van der Waals surface area contributed by atoms with Gasteiger partial charge in [0.25, 0.3) is 0 Å². The van der Waals surface area contributed by atoms with Gasteiger partial charge in [-0.15, -0.1) is 0 Å². The van der Waals surface area contributed by atoms with Crippen LogP contribution in [-0.2, 0) is 6.54 Å². The van der Waals surface area contributed by atoms with Gasteiger partial charge in [0, 0.05) is 12.2 Å². The van der Waals surface area contributed by atoms with Gasteiger partial charge >= 0.3 is 0 Å². The second kappa shape index (κ2) is 8.13. The molecular formula is C15H26N2. The van der Waals surface area contributed by atoms with Crippen LogP contribution in [-0.4, -0.2) is 18.0 Å². The number of benzene rings is 1. The number of unbranched alkanes of at least 4 members (excludes halogenated alkanes) is 2. The summed E-state index contributed by atoms with van der Waals surface area (Å²) in [6, 6.07) is 8.26. The summed E-state index contributed by atoms with van der Waals surface area (Å²) < 4.78 is 0. The fraction of sp³-hybridized carbons (Fsp3) is 0.600. The van der Waals surface area contributed by atoms with Crippen molar-refractivity contribution < 1.29 is 0 Å². The van der Waals surface area contributed by atoms with Gasteiger partial charge in [-0.3, -0.25) is 4.90 Å². The van der Waals surface area contributed by atoms with E-state index in [0.717, 1.165) is 12.2 Å². The van der Waals surface area contributed by atoms with E-state index in [-0.39, 0.29) is 0 Å². The van der Waals surface area contributed by atoms with Crippen LogP contribution in [0.25, 0.3) is 0 Å². The van der Waals surface area contributed by atoms with Crippen molar-refractivity contribution in [3.05, 3.63) is 29.8 Å². The molecule has 1 aromatic carbocycles. The SMILES string of the molecule is CCCCCN(CCC)Cc1ccc(N)cc1. The van der Waals surface area contributed by atoms with Gasteiger partial charge in [0.2, 0.25) is 0 Å². The lowest BCUT2D eigenvalue weighted by molar-refractivity contribution is 0.260. The predicted octanol–water partition coefficient (Wildman–Crippen LogP) is 3.67. The number of nitrogens with zero attached hydrogens (tertiary/aromatic N) is 1. The standard InChI is InChI=1S/C15H26N2/c1-3-5-6-12-17(11-4-2)13-14-7-9-15(16)10-8-14/h7-10H,3-6,11-13,16H2,1-2H3. The molecule has 0 aromatic heterocycles. The van der Waals surface area contributed by atoms with Crippen molar-refractivity contribution in [3.63, 3.8) is 0 Å². The zero-order chi connectivity index (χ0) is 12.5. The molecule has 0 atom stereocenters. The minimum absolute atomic E-state index is 0.849. The third-order valence-electron chi connectivity index (χ3n) is 3.00. The van der Waals surface area contributed by atoms with E-state index < -0.39 is 0 Å². The topological polar surface area (TPSA) is 29.3 Å². The number of anilines is 1. The molecule has 0 amide bonds. The van der Waals surface area contributed by atoms with Gasteiger partial charge in [0.1, 0.15) is 0 Å². The normalized spacial score (nSPS) is 11.0. The van der Waals surface area contributed by atoms with Gasteiger partial charge in [-0.2, -0.15) is 0 Å². The van der Waals surface area contributed by atoms with Crippen LogP contribution in [0, 0.1) is 0 Å². The Labute approximate surface area is 106 Å². The molecule has 0 heterocycles. The predicted molar refractivity (Wildman–Crippen MR) is 75.9 cm³/mol. The van der Waals surface area contributed by atoms with Gasteiger partial charge in [-0.25, -0.2) is 0 Å². The van der Waals surface area contributed by atoms with Crippen LogP contribution in [0.1, 0.15) is 45.1 Å². The monoisotopic (exact) mass is 234 g/mol. The molecule has 2 heteroatoms. The highest BCUT2D eigenvalue weighted by molar-refractivity contribution is 5.39. The van der Waals surface area contributed by atoms with Crippen molar-refractivity contribution in [2.75, 3.05) is 18.8 Å². The molecule has 0 unspecified atom stereocenters. The Bertz CT molecular complexity index is 292. The van der Waals surface area contributed by atoms with Gasteiger partial charge < -0.3 is 5.73 Å². The Hall–Kier alpha value is -1.02. The Kier molecular flexibility index (Phi) is 6.71. The summed E-state index contributed by atoms with van der Waals surface area (Å²) in [6.07, 6.45) is 5.16. The molecular weight excluding hydrogens is 208 g/mol. The highest BCUT2D eigenvalue weighted by Gasteiger charge is 2.04. The summed E-state index contributed by atoms with van der Waals surface area (Å²) in [4.78, 5) is 2.54. The molecule has 17 heavy (non-hydrogen) atoms. The average molecular weight is 234 g/mol. The number of nitrogen functional groups attached to an aromatic ring is 1. The quantitative estimate of drug-likeness (QED) is 0.549. The van der Waals surface area contributed by atoms with Crippen LogP contribution in [0.3, 0.4) is 0 Å². The molecule has 96 valence electrons.